The minimum Gasteiger partial charge on any atom is -0.374 e. The molecule has 2 aromatic heterocycles. The van der Waals surface area contributed by atoms with Gasteiger partial charge < -0.3 is 5.11 Å². The second-order valence-electron chi connectivity index (χ2n) is 6.26. The molecular weight excluding hydrogens is 408 g/mol. The minimum atomic E-state index is -4.66. The summed E-state index contributed by atoms with van der Waals surface area (Å²) in [5.41, 5.74) is 0.838. The molecule has 29 heavy (non-hydrogen) atoms. The number of hydroxylamine groups is 2. The Morgan fingerprint density at radius 1 is 1.21 bits per heavy atom. The summed E-state index contributed by atoms with van der Waals surface area (Å²) >= 11 is 1.44. The van der Waals surface area contributed by atoms with Crippen LogP contribution in [0.5, 0.6) is 0 Å². The van der Waals surface area contributed by atoms with Crippen LogP contribution in [0.1, 0.15) is 28.4 Å². The summed E-state index contributed by atoms with van der Waals surface area (Å²) in [5, 5.41) is 14.6. The van der Waals surface area contributed by atoms with Crippen LogP contribution in [0.3, 0.4) is 0 Å². The Hall–Kier alpha value is -2.75. The molecule has 0 saturated heterocycles. The van der Waals surface area contributed by atoms with Gasteiger partial charge in [-0.2, -0.15) is 24.5 Å². The van der Waals surface area contributed by atoms with Gasteiger partial charge in [0.15, 0.2) is 0 Å². The first kappa shape index (κ1) is 19.6. The van der Waals surface area contributed by atoms with Gasteiger partial charge in [-0.25, -0.2) is 9.45 Å². The highest BCUT2D eigenvalue weighted by Crippen LogP contribution is 2.47. The molecule has 1 unspecified atom stereocenters. The number of aliphatic hydroxyl groups is 1. The summed E-state index contributed by atoms with van der Waals surface area (Å²) in [7, 11) is 0. The maximum Gasteiger partial charge on any atom is 0.416 e. The molecule has 1 aliphatic rings. The quantitative estimate of drug-likeness (QED) is 0.594. The third-order valence-corrected chi connectivity index (χ3v) is 5.20. The summed E-state index contributed by atoms with van der Waals surface area (Å²) in [4.78, 5) is 9.92. The smallest absolute Gasteiger partial charge is 0.374 e. The zero-order chi connectivity index (χ0) is 20.6. The molecule has 4 nitrogen and oxygen atoms in total. The normalized spacial score (nSPS) is 17.3. The van der Waals surface area contributed by atoms with Gasteiger partial charge in [0.2, 0.25) is 0 Å². The Kier molecular flexibility index (Phi) is 5.12. The maximum atomic E-state index is 14.8. The summed E-state index contributed by atoms with van der Waals surface area (Å²) < 4.78 is 53.6. The molecule has 1 atom stereocenters. The molecule has 0 amide bonds. The summed E-state index contributed by atoms with van der Waals surface area (Å²) in [6.07, 6.45) is -2.21. The Morgan fingerprint density at radius 2 is 2.03 bits per heavy atom. The molecule has 1 N–H and O–H groups in total. The first-order valence-electron chi connectivity index (χ1n) is 8.49. The lowest BCUT2D eigenvalue weighted by Gasteiger charge is -2.20. The average molecular weight is 422 g/mol. The highest BCUT2D eigenvalue weighted by atomic mass is 32.1. The Labute approximate surface area is 167 Å². The van der Waals surface area contributed by atoms with Crippen molar-refractivity contribution in [2.24, 2.45) is 0 Å². The molecule has 1 aliphatic heterocycles. The van der Waals surface area contributed by atoms with Gasteiger partial charge >= 0.3 is 6.18 Å². The fraction of sp³-hybridized carbons (Fsp3) is 0.150. The van der Waals surface area contributed by atoms with E-state index in [4.69, 9.17) is 4.84 Å². The zero-order valence-electron chi connectivity index (χ0n) is 14.7. The first-order valence-corrected chi connectivity index (χ1v) is 9.43. The Balaban J connectivity index is 1.94. The van der Waals surface area contributed by atoms with Crippen LogP contribution in [-0.4, -0.2) is 21.9 Å². The van der Waals surface area contributed by atoms with Gasteiger partial charge in [0, 0.05) is 29.1 Å². The Bertz CT molecular complexity index is 1040. The SMILES string of the molecule is OCN1OC(c2ccsc2)C(c2cccnc2)=C1c1ccc(C(F)(F)F)cc1F. The highest BCUT2D eigenvalue weighted by molar-refractivity contribution is 7.08. The Morgan fingerprint density at radius 3 is 2.62 bits per heavy atom. The molecule has 0 fully saturated rings. The van der Waals surface area contributed by atoms with Crippen molar-refractivity contribution in [3.8, 4) is 0 Å². The lowest BCUT2D eigenvalue weighted by molar-refractivity contribution is -0.159. The lowest BCUT2D eigenvalue weighted by Crippen LogP contribution is -2.20. The average Bonchev–Trinajstić information content (AvgIpc) is 3.35. The number of nitrogens with zero attached hydrogens (tertiary/aromatic N) is 2. The summed E-state index contributed by atoms with van der Waals surface area (Å²) in [6.45, 7) is -0.611. The van der Waals surface area contributed by atoms with Crippen LogP contribution in [-0.2, 0) is 11.0 Å². The number of halogens is 4. The van der Waals surface area contributed by atoms with E-state index in [-0.39, 0.29) is 11.3 Å². The maximum absolute atomic E-state index is 14.8. The first-order chi connectivity index (χ1) is 13.9. The minimum absolute atomic E-state index is 0.108. The number of thiophene rings is 1. The van der Waals surface area contributed by atoms with Gasteiger partial charge in [-0.15, -0.1) is 0 Å². The van der Waals surface area contributed by atoms with E-state index >= 15 is 0 Å². The van der Waals surface area contributed by atoms with Crippen LogP contribution < -0.4 is 0 Å². The van der Waals surface area contributed by atoms with Crippen LogP contribution in [0.25, 0.3) is 11.3 Å². The van der Waals surface area contributed by atoms with Gasteiger partial charge in [0.05, 0.1) is 11.3 Å². The van der Waals surface area contributed by atoms with E-state index in [0.717, 1.165) is 22.8 Å². The topological polar surface area (TPSA) is 45.6 Å². The second kappa shape index (κ2) is 7.58. The van der Waals surface area contributed by atoms with Crippen molar-refractivity contribution in [1.29, 1.82) is 0 Å². The van der Waals surface area contributed by atoms with Crippen LogP contribution >= 0.6 is 11.3 Å². The van der Waals surface area contributed by atoms with Gasteiger partial charge in [0.1, 0.15) is 18.7 Å². The lowest BCUT2D eigenvalue weighted by atomic mass is 9.93. The molecule has 1 aromatic carbocycles. The van der Waals surface area contributed by atoms with Crippen molar-refractivity contribution >= 4 is 22.6 Å². The van der Waals surface area contributed by atoms with E-state index < -0.39 is 30.4 Å². The van der Waals surface area contributed by atoms with Gasteiger partial charge in [-0.05, 0) is 46.7 Å². The molecule has 0 saturated carbocycles. The third-order valence-electron chi connectivity index (χ3n) is 4.50. The third kappa shape index (κ3) is 3.64. The fourth-order valence-corrected chi connectivity index (χ4v) is 3.89. The highest BCUT2D eigenvalue weighted by Gasteiger charge is 2.38. The molecule has 3 aromatic rings. The predicted molar refractivity (Wildman–Crippen MR) is 99.5 cm³/mol. The number of hydrogen-bond donors (Lipinski definition) is 1. The largest absolute Gasteiger partial charge is 0.416 e. The van der Waals surface area contributed by atoms with Crippen molar-refractivity contribution in [3.05, 3.63) is 87.6 Å². The van der Waals surface area contributed by atoms with Crippen molar-refractivity contribution < 1.29 is 27.5 Å². The zero-order valence-corrected chi connectivity index (χ0v) is 15.5. The standard InChI is InChI=1S/C20H14F4N2O2S/c21-16-8-14(20(22,23)24)3-4-15(16)18-17(12-2-1-6-25-9-12)19(28-26(18)11-27)13-5-7-29-10-13/h1-10,19,27H,11H2. The van der Waals surface area contributed by atoms with Crippen molar-refractivity contribution in [2.75, 3.05) is 6.73 Å². The number of pyridine rings is 1. The van der Waals surface area contributed by atoms with Crippen LogP contribution in [0.15, 0.2) is 59.6 Å². The van der Waals surface area contributed by atoms with E-state index in [9.17, 15) is 22.7 Å². The van der Waals surface area contributed by atoms with Crippen molar-refractivity contribution in [1.82, 2.24) is 10.0 Å². The molecular formula is C20H14F4N2O2S. The molecule has 0 spiro atoms. The molecule has 0 aliphatic carbocycles. The van der Waals surface area contributed by atoms with E-state index in [1.165, 1.54) is 11.3 Å². The van der Waals surface area contributed by atoms with Crippen LogP contribution in [0.2, 0.25) is 0 Å². The van der Waals surface area contributed by atoms with Crippen molar-refractivity contribution in [2.45, 2.75) is 12.3 Å². The van der Waals surface area contributed by atoms with Gasteiger partial charge in [-0.3, -0.25) is 9.82 Å². The van der Waals surface area contributed by atoms with E-state index in [0.29, 0.717) is 17.2 Å². The van der Waals surface area contributed by atoms with Gasteiger partial charge in [0.25, 0.3) is 0 Å². The monoisotopic (exact) mass is 422 g/mol. The molecule has 4 rings (SSSR count). The fourth-order valence-electron chi connectivity index (χ4n) is 3.22. The number of benzene rings is 1. The van der Waals surface area contributed by atoms with Crippen LogP contribution in [0, 0.1) is 5.82 Å². The van der Waals surface area contributed by atoms with Crippen molar-refractivity contribution in [3.63, 3.8) is 0 Å². The number of aromatic nitrogens is 1. The van der Waals surface area contributed by atoms with E-state index in [1.54, 1.807) is 24.5 Å². The molecule has 3 heterocycles. The number of rotatable bonds is 4. The predicted octanol–water partition coefficient (Wildman–Crippen LogP) is 5.11. The number of hydrogen-bond acceptors (Lipinski definition) is 5. The van der Waals surface area contributed by atoms with Crippen LogP contribution in [0.4, 0.5) is 17.6 Å². The van der Waals surface area contributed by atoms with Gasteiger partial charge in [-0.1, -0.05) is 6.07 Å². The molecule has 0 bridgehead atoms. The number of alkyl halides is 3. The van der Waals surface area contributed by atoms with E-state index in [1.807, 2.05) is 16.8 Å². The summed E-state index contributed by atoms with van der Waals surface area (Å²) in [5.74, 6) is -1.07. The number of aliphatic hydroxyl groups excluding tert-OH is 1. The second-order valence-corrected chi connectivity index (χ2v) is 7.04. The molecule has 9 heteroatoms. The van der Waals surface area contributed by atoms with E-state index in [2.05, 4.69) is 4.98 Å². The summed E-state index contributed by atoms with van der Waals surface area (Å²) in [6, 6.07) is 7.55. The molecule has 0 radical (unpaired) electrons. The molecule has 150 valence electrons.